The molecular weight excluding hydrogens is 310 g/mol. The van der Waals surface area contributed by atoms with Crippen LogP contribution in [0.5, 0.6) is 5.88 Å². The van der Waals surface area contributed by atoms with E-state index >= 15 is 0 Å². The van der Waals surface area contributed by atoms with Gasteiger partial charge in [0, 0.05) is 39.1 Å². The van der Waals surface area contributed by atoms with Gasteiger partial charge in [-0.3, -0.25) is 0 Å². The Morgan fingerprint density at radius 3 is 2.56 bits per heavy atom. The number of alkyl halides is 1. The molecule has 0 saturated carbocycles. The number of hydrogen-bond acceptors (Lipinski definition) is 3. The zero-order valence-corrected chi connectivity index (χ0v) is 14.4. The molecule has 101 valence electrons. The fourth-order valence-electron chi connectivity index (χ4n) is 0.930. The maximum absolute atomic E-state index is 12.6. The van der Waals surface area contributed by atoms with Gasteiger partial charge in [-0.15, -0.1) is 11.6 Å². The third kappa shape index (κ3) is 9.92. The van der Waals surface area contributed by atoms with Crippen molar-refractivity contribution in [3.05, 3.63) is 23.9 Å². The van der Waals surface area contributed by atoms with E-state index in [2.05, 4.69) is 11.1 Å². The summed E-state index contributed by atoms with van der Waals surface area (Å²) in [6.45, 7) is 8.14. The molecule has 0 aliphatic heterocycles. The van der Waals surface area contributed by atoms with Crippen LogP contribution in [0.4, 0.5) is 4.39 Å². The number of aromatic nitrogens is 1. The first kappa shape index (κ1) is 20.3. The molecule has 0 aliphatic carbocycles. The van der Waals surface area contributed by atoms with E-state index in [1.54, 1.807) is 19.2 Å². The summed E-state index contributed by atoms with van der Waals surface area (Å²) in [6.07, 6.45) is 0.822. The van der Waals surface area contributed by atoms with Gasteiger partial charge in [-0.1, -0.05) is 33.9 Å². The zero-order valence-electron chi connectivity index (χ0n) is 11.6. The molecule has 1 heterocycles. The van der Waals surface area contributed by atoms with E-state index in [9.17, 15) is 4.39 Å². The number of pyridine rings is 1. The van der Waals surface area contributed by atoms with Crippen molar-refractivity contribution in [2.75, 3.05) is 13.2 Å². The standard InChI is InChI=1S/C11H15FNO2.C2H6.Y/c1-3-10(12)14-6-7-15-11-5-4-9(2)8-13-11;1-2;/h5,8,10H,3,6-7H2,1-2H3;1-2H3;/q-1;;. The molecule has 0 spiro atoms. The second kappa shape index (κ2) is 13.4. The van der Waals surface area contributed by atoms with Crippen LogP contribution in [-0.2, 0) is 37.4 Å². The third-order valence-corrected chi connectivity index (χ3v) is 1.76. The van der Waals surface area contributed by atoms with Gasteiger partial charge < -0.3 is 14.5 Å². The van der Waals surface area contributed by atoms with Crippen molar-refractivity contribution in [3.63, 3.8) is 0 Å². The summed E-state index contributed by atoms with van der Waals surface area (Å²) in [5, 5.41) is 0. The van der Waals surface area contributed by atoms with Crippen molar-refractivity contribution >= 4 is 0 Å². The Hall–Kier alpha value is -0.0561. The molecule has 0 bridgehead atoms. The summed E-state index contributed by atoms with van der Waals surface area (Å²) < 4.78 is 22.6. The average Bonchev–Trinajstić information content (AvgIpc) is 2.39. The predicted octanol–water partition coefficient (Wildman–Crippen LogP) is 3.31. The number of nitrogens with zero attached hydrogens (tertiary/aromatic N) is 1. The van der Waals surface area contributed by atoms with Gasteiger partial charge >= 0.3 is 0 Å². The van der Waals surface area contributed by atoms with Crippen LogP contribution in [0, 0.1) is 13.0 Å². The summed E-state index contributed by atoms with van der Waals surface area (Å²) >= 11 is 0. The van der Waals surface area contributed by atoms with Crippen LogP contribution in [0.25, 0.3) is 0 Å². The van der Waals surface area contributed by atoms with Crippen LogP contribution in [-0.4, -0.2) is 24.6 Å². The smallest absolute Gasteiger partial charge is 0.198 e. The Balaban J connectivity index is 0. The largest absolute Gasteiger partial charge is 0.532 e. The Morgan fingerprint density at radius 1 is 1.39 bits per heavy atom. The number of aryl methyl sites for hydroxylation is 1. The predicted molar refractivity (Wildman–Crippen MR) is 65.8 cm³/mol. The van der Waals surface area contributed by atoms with E-state index in [1.165, 1.54) is 0 Å². The van der Waals surface area contributed by atoms with E-state index in [0.717, 1.165) is 5.56 Å². The quantitative estimate of drug-likeness (QED) is 0.592. The van der Waals surface area contributed by atoms with Crippen molar-refractivity contribution in [1.29, 1.82) is 0 Å². The monoisotopic (exact) mass is 331 g/mol. The SMILES string of the molecule is CC.CCC(F)OCCOc1c[c-]c(C)cn1.[Y]. The van der Waals surface area contributed by atoms with Crippen molar-refractivity contribution in [1.82, 2.24) is 4.98 Å². The molecule has 3 nitrogen and oxygen atoms in total. The fraction of sp³-hybridized carbons (Fsp3) is 0.615. The number of hydrogen-bond donors (Lipinski definition) is 0. The average molecular weight is 331 g/mol. The fourth-order valence-corrected chi connectivity index (χ4v) is 0.930. The topological polar surface area (TPSA) is 31.4 Å². The number of halogens is 1. The van der Waals surface area contributed by atoms with Crippen molar-refractivity contribution in [2.24, 2.45) is 0 Å². The molecule has 5 heteroatoms. The maximum atomic E-state index is 12.6. The van der Waals surface area contributed by atoms with Gasteiger partial charge in [-0.25, -0.2) is 4.39 Å². The first-order chi connectivity index (χ1) is 8.22. The first-order valence-electron chi connectivity index (χ1n) is 5.95. The molecule has 0 N–H and O–H groups in total. The van der Waals surface area contributed by atoms with Gasteiger partial charge in [0.15, 0.2) is 6.36 Å². The van der Waals surface area contributed by atoms with Crippen LogP contribution in [0.15, 0.2) is 12.3 Å². The number of ether oxygens (including phenoxy) is 2. The minimum absolute atomic E-state index is 0. The summed E-state index contributed by atoms with van der Waals surface area (Å²) in [5.41, 5.74) is 0.952. The Bertz CT molecular complexity index is 283. The van der Waals surface area contributed by atoms with Crippen molar-refractivity contribution in [2.45, 2.75) is 40.5 Å². The van der Waals surface area contributed by atoms with Gasteiger partial charge in [0.25, 0.3) is 0 Å². The Kier molecular flexibility index (Phi) is 15.1. The van der Waals surface area contributed by atoms with Crippen molar-refractivity contribution < 1.29 is 46.6 Å². The van der Waals surface area contributed by atoms with Crippen LogP contribution in [0.3, 0.4) is 0 Å². The zero-order chi connectivity index (χ0) is 13.1. The molecule has 0 aliphatic rings. The molecule has 1 rings (SSSR count). The van der Waals surface area contributed by atoms with Crippen LogP contribution in [0.2, 0.25) is 0 Å². The maximum Gasteiger partial charge on any atom is 0.198 e. The van der Waals surface area contributed by atoms with Crippen LogP contribution in [0.1, 0.15) is 32.8 Å². The first-order valence-corrected chi connectivity index (χ1v) is 5.95. The second-order valence-electron chi connectivity index (χ2n) is 3.11. The Labute approximate surface area is 134 Å². The normalized spacial score (nSPS) is 10.7. The summed E-state index contributed by atoms with van der Waals surface area (Å²) in [5.74, 6) is 0.483. The van der Waals surface area contributed by atoms with Gasteiger partial charge in [0.2, 0.25) is 0 Å². The molecule has 1 aromatic rings. The van der Waals surface area contributed by atoms with Crippen molar-refractivity contribution in [3.8, 4) is 5.88 Å². The molecule has 1 atom stereocenters. The molecule has 0 aromatic carbocycles. The molecule has 1 aromatic heterocycles. The molecule has 1 radical (unpaired) electrons. The van der Waals surface area contributed by atoms with Gasteiger partial charge in [-0.05, 0) is 0 Å². The van der Waals surface area contributed by atoms with Gasteiger partial charge in [0.1, 0.15) is 0 Å². The van der Waals surface area contributed by atoms with E-state index in [0.29, 0.717) is 18.9 Å². The minimum atomic E-state index is -1.20. The summed E-state index contributed by atoms with van der Waals surface area (Å²) in [7, 11) is 0. The molecule has 0 amide bonds. The van der Waals surface area contributed by atoms with Crippen LogP contribution < -0.4 is 4.74 Å². The molecule has 18 heavy (non-hydrogen) atoms. The number of rotatable bonds is 6. The Morgan fingerprint density at radius 2 is 2.06 bits per heavy atom. The van der Waals surface area contributed by atoms with Gasteiger partial charge in [-0.2, -0.15) is 6.07 Å². The van der Waals surface area contributed by atoms with E-state index < -0.39 is 6.36 Å². The van der Waals surface area contributed by atoms with E-state index in [1.807, 2.05) is 20.8 Å². The summed E-state index contributed by atoms with van der Waals surface area (Å²) in [4.78, 5) is 4.01. The second-order valence-corrected chi connectivity index (χ2v) is 3.11. The van der Waals surface area contributed by atoms with Gasteiger partial charge in [0.05, 0.1) is 19.1 Å². The minimum Gasteiger partial charge on any atom is -0.532 e. The molecule has 0 saturated heterocycles. The molecule has 1 unspecified atom stereocenters. The molecule has 0 fully saturated rings. The summed E-state index contributed by atoms with van der Waals surface area (Å²) in [6, 6.07) is 4.61. The molecular formula is C13H21FNO2Y-. The van der Waals surface area contributed by atoms with Crippen LogP contribution >= 0.6 is 0 Å². The van der Waals surface area contributed by atoms with E-state index in [-0.39, 0.29) is 39.3 Å². The van der Waals surface area contributed by atoms with E-state index in [4.69, 9.17) is 9.47 Å². The third-order valence-electron chi connectivity index (χ3n) is 1.76.